The summed E-state index contributed by atoms with van der Waals surface area (Å²) in [5.74, 6) is -0.607. The largest absolute Gasteiger partial charge is 0.274 e. The first-order chi connectivity index (χ1) is 13.5. The molecule has 3 heterocycles. The molecule has 3 atom stereocenters. The first-order valence-electron chi connectivity index (χ1n) is 9.71. The van der Waals surface area contributed by atoms with Crippen molar-refractivity contribution < 1.29 is 9.59 Å². The van der Waals surface area contributed by atoms with E-state index in [0.29, 0.717) is 10.7 Å². The lowest BCUT2D eigenvalue weighted by atomic mass is 9.90. The van der Waals surface area contributed by atoms with Crippen LogP contribution in [0.4, 0.5) is 5.69 Å². The number of halogens is 1. The minimum absolute atomic E-state index is 0.104. The molecule has 3 aliphatic heterocycles. The number of nitrogens with zero attached hydrogens (tertiary/aromatic N) is 3. The van der Waals surface area contributed by atoms with E-state index in [0.717, 1.165) is 36.2 Å². The summed E-state index contributed by atoms with van der Waals surface area (Å²) in [6.45, 7) is 5.71. The molecule has 2 aromatic rings. The molecule has 0 N–H and O–H groups in total. The number of benzene rings is 2. The molecule has 0 aromatic heterocycles. The van der Waals surface area contributed by atoms with Gasteiger partial charge in [0.05, 0.1) is 17.6 Å². The highest BCUT2D eigenvalue weighted by atomic mass is 35.5. The van der Waals surface area contributed by atoms with Gasteiger partial charge in [-0.15, -0.1) is 0 Å². The van der Waals surface area contributed by atoms with E-state index in [9.17, 15) is 9.59 Å². The Labute approximate surface area is 169 Å². The van der Waals surface area contributed by atoms with E-state index in [-0.39, 0.29) is 17.9 Å². The van der Waals surface area contributed by atoms with E-state index in [1.165, 1.54) is 4.90 Å². The van der Waals surface area contributed by atoms with Crippen molar-refractivity contribution in [1.29, 1.82) is 0 Å². The van der Waals surface area contributed by atoms with E-state index >= 15 is 0 Å². The SMILES string of the molecule is Cc1ccc(N2C(=O)[C@H]3[C@@H](C2=O)N2CCCN2[C@@H]3c2ccc(Cl)cc2)cc1C. The number of fused-ring (bicyclic) bond motifs is 3. The molecule has 2 aromatic carbocycles. The van der Waals surface area contributed by atoms with Gasteiger partial charge in [-0.1, -0.05) is 29.8 Å². The quantitative estimate of drug-likeness (QED) is 0.730. The molecule has 28 heavy (non-hydrogen) atoms. The first-order valence-corrected chi connectivity index (χ1v) is 10.1. The molecule has 2 amide bonds. The van der Waals surface area contributed by atoms with Gasteiger partial charge in [-0.05, 0) is 61.2 Å². The number of anilines is 1. The number of hydrogen-bond donors (Lipinski definition) is 0. The zero-order chi connectivity index (χ0) is 19.6. The van der Waals surface area contributed by atoms with Crippen LogP contribution in [0.1, 0.15) is 29.2 Å². The summed E-state index contributed by atoms with van der Waals surface area (Å²) in [5, 5.41) is 5.00. The summed E-state index contributed by atoms with van der Waals surface area (Å²) in [6.07, 6.45) is 0.998. The van der Waals surface area contributed by atoms with Crippen molar-refractivity contribution in [2.24, 2.45) is 5.92 Å². The molecule has 5 rings (SSSR count). The van der Waals surface area contributed by atoms with Gasteiger partial charge >= 0.3 is 0 Å². The highest BCUT2D eigenvalue weighted by Crippen LogP contribution is 2.49. The lowest BCUT2D eigenvalue weighted by molar-refractivity contribution is -0.126. The minimum Gasteiger partial charge on any atom is -0.274 e. The van der Waals surface area contributed by atoms with Gasteiger partial charge in [-0.25, -0.2) is 14.9 Å². The van der Waals surface area contributed by atoms with Crippen molar-refractivity contribution in [3.8, 4) is 0 Å². The molecule has 0 spiro atoms. The Hall–Kier alpha value is -2.21. The number of carbonyl (C=O) groups is 2. The molecule has 6 heteroatoms. The lowest BCUT2D eigenvalue weighted by Gasteiger charge is -2.30. The van der Waals surface area contributed by atoms with Crippen LogP contribution in [0.25, 0.3) is 0 Å². The molecular formula is C22H22ClN3O2. The fourth-order valence-corrected chi connectivity index (χ4v) is 5.02. The molecule has 3 fully saturated rings. The summed E-state index contributed by atoms with van der Waals surface area (Å²) >= 11 is 6.07. The number of hydrazine groups is 1. The Kier molecular flexibility index (Phi) is 4.09. The summed E-state index contributed by atoms with van der Waals surface area (Å²) in [7, 11) is 0. The summed E-state index contributed by atoms with van der Waals surface area (Å²) in [6, 6.07) is 12.9. The number of aryl methyl sites for hydroxylation is 2. The molecule has 0 bridgehead atoms. The van der Waals surface area contributed by atoms with Crippen LogP contribution in [0.15, 0.2) is 42.5 Å². The van der Waals surface area contributed by atoms with Crippen molar-refractivity contribution in [3.05, 3.63) is 64.2 Å². The number of amides is 2. The average molecular weight is 396 g/mol. The van der Waals surface area contributed by atoms with Gasteiger partial charge in [0.1, 0.15) is 6.04 Å². The molecule has 0 saturated carbocycles. The van der Waals surface area contributed by atoms with Gasteiger partial charge in [0.2, 0.25) is 5.91 Å². The molecule has 144 valence electrons. The third kappa shape index (κ3) is 2.47. The number of rotatable bonds is 2. The highest BCUT2D eigenvalue weighted by molar-refractivity contribution is 6.30. The molecule has 3 aliphatic rings. The molecule has 5 nitrogen and oxygen atoms in total. The van der Waals surface area contributed by atoms with Gasteiger partial charge in [0.15, 0.2) is 0 Å². The second-order valence-corrected chi connectivity index (χ2v) is 8.36. The Balaban J connectivity index is 1.58. The number of carbonyl (C=O) groups excluding carboxylic acids is 2. The van der Waals surface area contributed by atoms with Crippen LogP contribution in [0.3, 0.4) is 0 Å². The fourth-order valence-electron chi connectivity index (χ4n) is 4.89. The predicted octanol–water partition coefficient (Wildman–Crippen LogP) is 3.49. The molecule has 0 radical (unpaired) electrons. The zero-order valence-corrected chi connectivity index (χ0v) is 16.7. The van der Waals surface area contributed by atoms with Gasteiger partial charge < -0.3 is 0 Å². The second kappa shape index (κ2) is 6.41. The standard InChI is InChI=1S/C22H22ClN3O2/c1-13-4-9-17(12-14(13)2)26-21(27)18-19(15-5-7-16(23)8-6-15)24-10-3-11-25(24)20(18)22(26)28/h4-9,12,18-20H,3,10-11H2,1-2H3/t18-,19-,20+/m1/s1. The zero-order valence-electron chi connectivity index (χ0n) is 15.9. The third-order valence-corrected chi connectivity index (χ3v) is 6.62. The van der Waals surface area contributed by atoms with Gasteiger partial charge in [0.25, 0.3) is 5.91 Å². The van der Waals surface area contributed by atoms with Crippen LogP contribution < -0.4 is 4.90 Å². The van der Waals surface area contributed by atoms with Crippen molar-refractivity contribution in [1.82, 2.24) is 10.0 Å². The van der Waals surface area contributed by atoms with Crippen LogP contribution in [-0.2, 0) is 9.59 Å². The summed E-state index contributed by atoms with van der Waals surface area (Å²) in [5.41, 5.74) is 3.93. The van der Waals surface area contributed by atoms with Crippen LogP contribution in [0.5, 0.6) is 0 Å². The third-order valence-electron chi connectivity index (χ3n) is 6.37. The molecule has 3 saturated heterocycles. The first kappa shape index (κ1) is 17.9. The van der Waals surface area contributed by atoms with Crippen molar-refractivity contribution >= 4 is 29.1 Å². The Morgan fingerprint density at radius 3 is 2.21 bits per heavy atom. The Morgan fingerprint density at radius 1 is 0.857 bits per heavy atom. The summed E-state index contributed by atoms with van der Waals surface area (Å²) < 4.78 is 0. The van der Waals surface area contributed by atoms with Gasteiger partial charge in [0, 0.05) is 18.1 Å². The maximum Gasteiger partial charge on any atom is 0.253 e. The second-order valence-electron chi connectivity index (χ2n) is 7.93. The van der Waals surface area contributed by atoms with Crippen LogP contribution in [0, 0.1) is 19.8 Å². The maximum atomic E-state index is 13.5. The van der Waals surface area contributed by atoms with Crippen LogP contribution >= 0.6 is 11.6 Å². The molecule has 0 unspecified atom stereocenters. The topological polar surface area (TPSA) is 43.9 Å². The van der Waals surface area contributed by atoms with Crippen molar-refractivity contribution in [2.75, 3.05) is 18.0 Å². The van der Waals surface area contributed by atoms with Crippen LogP contribution in [0.2, 0.25) is 5.02 Å². The normalized spacial score (nSPS) is 27.5. The molecular weight excluding hydrogens is 374 g/mol. The predicted molar refractivity (Wildman–Crippen MR) is 108 cm³/mol. The maximum absolute atomic E-state index is 13.5. The highest BCUT2D eigenvalue weighted by Gasteiger charge is 2.62. The summed E-state index contributed by atoms with van der Waals surface area (Å²) in [4.78, 5) is 28.3. The fraction of sp³-hybridized carbons (Fsp3) is 0.364. The average Bonchev–Trinajstić information content (AvgIpc) is 3.31. The lowest BCUT2D eigenvalue weighted by Crippen LogP contribution is -2.44. The van der Waals surface area contributed by atoms with Crippen molar-refractivity contribution in [2.45, 2.75) is 32.4 Å². The van der Waals surface area contributed by atoms with E-state index in [4.69, 9.17) is 11.6 Å². The van der Waals surface area contributed by atoms with Gasteiger partial charge in [-0.3, -0.25) is 9.59 Å². The Bertz CT molecular complexity index is 974. The van der Waals surface area contributed by atoms with Crippen molar-refractivity contribution in [3.63, 3.8) is 0 Å². The number of hydrogen-bond acceptors (Lipinski definition) is 4. The van der Waals surface area contributed by atoms with E-state index in [1.54, 1.807) is 0 Å². The van der Waals surface area contributed by atoms with E-state index in [1.807, 2.05) is 56.3 Å². The van der Waals surface area contributed by atoms with Gasteiger partial charge in [-0.2, -0.15) is 0 Å². The number of imide groups is 1. The monoisotopic (exact) mass is 395 g/mol. The molecule has 0 aliphatic carbocycles. The van der Waals surface area contributed by atoms with E-state index < -0.39 is 12.0 Å². The van der Waals surface area contributed by atoms with Crippen LogP contribution in [-0.4, -0.2) is 41.0 Å². The Morgan fingerprint density at radius 2 is 1.54 bits per heavy atom. The smallest absolute Gasteiger partial charge is 0.253 e. The van der Waals surface area contributed by atoms with E-state index in [2.05, 4.69) is 10.0 Å². The minimum atomic E-state index is -0.419.